The Morgan fingerprint density at radius 1 is 0.943 bits per heavy atom. The molecule has 2 aromatic carbocycles. The van der Waals surface area contributed by atoms with Gasteiger partial charge in [0.25, 0.3) is 0 Å². The largest absolute Gasteiger partial charge is 0.445 e. The van der Waals surface area contributed by atoms with Crippen LogP contribution in [0.3, 0.4) is 0 Å². The summed E-state index contributed by atoms with van der Waals surface area (Å²) in [5.41, 5.74) is 1.57. The molecule has 35 heavy (non-hydrogen) atoms. The summed E-state index contributed by atoms with van der Waals surface area (Å²) in [6.45, 7) is 9.39. The molecule has 3 rings (SSSR count). The van der Waals surface area contributed by atoms with Gasteiger partial charge in [0.1, 0.15) is 12.2 Å². The smallest absolute Gasteiger partial charge is 0.410 e. The number of alkyl carbamates (subject to hydrolysis) is 1. The van der Waals surface area contributed by atoms with Gasteiger partial charge < -0.3 is 19.7 Å². The van der Waals surface area contributed by atoms with Crippen molar-refractivity contribution in [1.82, 2.24) is 15.1 Å². The molecule has 0 spiro atoms. The Hall–Kier alpha value is -3.32. The van der Waals surface area contributed by atoms with Crippen LogP contribution in [0.5, 0.6) is 0 Å². The maximum Gasteiger partial charge on any atom is 0.410 e. The zero-order valence-electron chi connectivity index (χ0n) is 21.0. The van der Waals surface area contributed by atoms with E-state index in [0.717, 1.165) is 30.8 Å². The molecule has 7 nitrogen and oxygen atoms in total. The molecule has 1 fully saturated rings. The van der Waals surface area contributed by atoms with E-state index in [0.29, 0.717) is 19.5 Å². The Kier molecular flexibility index (Phi) is 9.73. The Morgan fingerprint density at radius 2 is 1.54 bits per heavy atom. The van der Waals surface area contributed by atoms with Gasteiger partial charge in [-0.2, -0.15) is 0 Å². The van der Waals surface area contributed by atoms with Crippen LogP contribution in [0, 0.1) is 0 Å². The minimum absolute atomic E-state index is 0.179. The summed E-state index contributed by atoms with van der Waals surface area (Å²) in [4.78, 5) is 28.8. The number of ether oxygens (including phenoxy) is 2. The number of carbonyl (C=O) groups excluding carboxylic acids is 2. The van der Waals surface area contributed by atoms with Crippen LogP contribution < -0.4 is 5.32 Å². The van der Waals surface area contributed by atoms with Crippen LogP contribution in [0.4, 0.5) is 9.59 Å². The second kappa shape index (κ2) is 13.0. The fourth-order valence-electron chi connectivity index (χ4n) is 3.79. The van der Waals surface area contributed by atoms with Gasteiger partial charge in [-0.05, 0) is 38.3 Å². The first-order chi connectivity index (χ1) is 16.8. The van der Waals surface area contributed by atoms with E-state index in [4.69, 9.17) is 9.47 Å². The zero-order chi connectivity index (χ0) is 25.1. The standard InChI is InChI=1S/C28H37N3O4/c1-28(2,3)35-26(32)29-25(21-23-11-6-4-7-12-23)15-10-16-30-17-19-31(20-18-30)27(33)34-22-24-13-8-5-9-14-24/h4-15,25H,16-22H2,1-3H3,(H,29,32)/b15-10+/t25-/m0/s1. The van der Waals surface area contributed by atoms with Crippen LogP contribution >= 0.6 is 0 Å². The molecule has 188 valence electrons. The van der Waals surface area contributed by atoms with Crippen molar-refractivity contribution in [2.24, 2.45) is 0 Å². The molecule has 0 unspecified atom stereocenters. The van der Waals surface area contributed by atoms with Gasteiger partial charge in [0, 0.05) is 32.7 Å². The monoisotopic (exact) mass is 479 g/mol. The van der Waals surface area contributed by atoms with Crippen LogP contribution in [0.2, 0.25) is 0 Å². The van der Waals surface area contributed by atoms with Crippen molar-refractivity contribution in [2.45, 2.75) is 45.4 Å². The van der Waals surface area contributed by atoms with E-state index < -0.39 is 11.7 Å². The molecule has 1 N–H and O–H groups in total. The van der Waals surface area contributed by atoms with Crippen molar-refractivity contribution in [2.75, 3.05) is 32.7 Å². The third-order valence-electron chi connectivity index (χ3n) is 5.57. The molecule has 0 aromatic heterocycles. The van der Waals surface area contributed by atoms with Gasteiger partial charge in [-0.15, -0.1) is 0 Å². The van der Waals surface area contributed by atoms with Gasteiger partial charge in [-0.25, -0.2) is 9.59 Å². The first-order valence-electron chi connectivity index (χ1n) is 12.2. The summed E-state index contributed by atoms with van der Waals surface area (Å²) in [6.07, 6.45) is 4.09. The maximum atomic E-state index is 12.4. The third kappa shape index (κ3) is 9.83. The number of hydrogen-bond donors (Lipinski definition) is 1. The van der Waals surface area contributed by atoms with Crippen molar-refractivity contribution in [3.05, 3.63) is 83.9 Å². The van der Waals surface area contributed by atoms with Gasteiger partial charge in [0.05, 0.1) is 6.04 Å². The number of nitrogens with zero attached hydrogens (tertiary/aromatic N) is 2. The SMILES string of the molecule is CC(C)(C)OC(=O)N[C@@H](/C=C/CN1CCN(C(=O)OCc2ccccc2)CC1)Cc1ccccc1. The number of carbonyl (C=O) groups is 2. The van der Waals surface area contributed by atoms with Gasteiger partial charge in [0.2, 0.25) is 0 Å². The summed E-state index contributed by atoms with van der Waals surface area (Å²) >= 11 is 0. The lowest BCUT2D eigenvalue weighted by Gasteiger charge is -2.33. The van der Waals surface area contributed by atoms with Gasteiger partial charge in [0.15, 0.2) is 0 Å². The highest BCUT2D eigenvalue weighted by Crippen LogP contribution is 2.10. The van der Waals surface area contributed by atoms with Crippen molar-refractivity contribution < 1.29 is 19.1 Å². The van der Waals surface area contributed by atoms with Crippen molar-refractivity contribution >= 4 is 12.2 Å². The highest BCUT2D eigenvalue weighted by molar-refractivity contribution is 5.68. The quantitative estimate of drug-likeness (QED) is 0.559. The van der Waals surface area contributed by atoms with Crippen LogP contribution in [-0.4, -0.2) is 66.4 Å². The molecule has 2 aromatic rings. The number of hydrogen-bond acceptors (Lipinski definition) is 5. The second-order valence-electron chi connectivity index (χ2n) is 9.70. The number of benzene rings is 2. The molecule has 1 saturated heterocycles. The van der Waals surface area contributed by atoms with E-state index in [1.54, 1.807) is 4.90 Å². The lowest BCUT2D eigenvalue weighted by Crippen LogP contribution is -2.48. The normalized spacial score (nSPS) is 15.6. The predicted molar refractivity (Wildman–Crippen MR) is 137 cm³/mol. The summed E-state index contributed by atoms with van der Waals surface area (Å²) in [5, 5.41) is 2.97. The third-order valence-corrected chi connectivity index (χ3v) is 5.57. The number of nitrogens with one attached hydrogen (secondary N) is 1. The van der Waals surface area contributed by atoms with Crippen molar-refractivity contribution in [3.63, 3.8) is 0 Å². The minimum atomic E-state index is -0.549. The first-order valence-corrected chi connectivity index (χ1v) is 12.2. The molecule has 7 heteroatoms. The Bertz CT molecular complexity index is 949. The van der Waals surface area contributed by atoms with Gasteiger partial charge >= 0.3 is 12.2 Å². The molecular weight excluding hydrogens is 442 g/mol. The Morgan fingerprint density at radius 3 is 2.14 bits per heavy atom. The lowest BCUT2D eigenvalue weighted by molar-refractivity contribution is 0.0514. The summed E-state index contributed by atoms with van der Waals surface area (Å²) < 4.78 is 10.9. The maximum absolute atomic E-state index is 12.4. The topological polar surface area (TPSA) is 71.1 Å². The average Bonchev–Trinajstić information content (AvgIpc) is 2.83. The van der Waals surface area contributed by atoms with Crippen LogP contribution in [0.25, 0.3) is 0 Å². The van der Waals surface area contributed by atoms with Crippen LogP contribution in [0.15, 0.2) is 72.8 Å². The van der Waals surface area contributed by atoms with E-state index in [-0.39, 0.29) is 18.7 Å². The van der Waals surface area contributed by atoms with Gasteiger partial charge in [-0.3, -0.25) is 4.90 Å². The molecule has 1 aliphatic heterocycles. The Labute approximate surface area is 208 Å². The van der Waals surface area contributed by atoms with Crippen LogP contribution in [0.1, 0.15) is 31.9 Å². The highest BCUT2D eigenvalue weighted by atomic mass is 16.6. The summed E-state index contributed by atoms with van der Waals surface area (Å²) in [5.74, 6) is 0. The van der Waals surface area contributed by atoms with E-state index in [1.807, 2.05) is 87.5 Å². The van der Waals surface area contributed by atoms with E-state index >= 15 is 0 Å². The van der Waals surface area contributed by atoms with Gasteiger partial charge in [-0.1, -0.05) is 72.8 Å². The van der Waals surface area contributed by atoms with Crippen molar-refractivity contribution in [3.8, 4) is 0 Å². The second-order valence-corrected chi connectivity index (χ2v) is 9.70. The van der Waals surface area contributed by atoms with E-state index in [9.17, 15) is 9.59 Å². The molecule has 1 atom stereocenters. The first kappa shape index (κ1) is 26.3. The average molecular weight is 480 g/mol. The van der Waals surface area contributed by atoms with Crippen LogP contribution in [-0.2, 0) is 22.5 Å². The highest BCUT2D eigenvalue weighted by Gasteiger charge is 2.22. The summed E-state index contributed by atoms with van der Waals surface area (Å²) in [6, 6.07) is 19.6. The predicted octanol–water partition coefficient (Wildman–Crippen LogP) is 4.63. The fourth-order valence-corrected chi connectivity index (χ4v) is 3.79. The molecule has 1 heterocycles. The molecular formula is C28H37N3O4. The molecule has 0 bridgehead atoms. The molecule has 2 amide bonds. The molecule has 0 saturated carbocycles. The fraction of sp³-hybridized carbons (Fsp3) is 0.429. The minimum Gasteiger partial charge on any atom is -0.445 e. The number of rotatable bonds is 8. The van der Waals surface area contributed by atoms with E-state index in [1.165, 1.54) is 0 Å². The molecule has 0 radical (unpaired) electrons. The van der Waals surface area contributed by atoms with E-state index in [2.05, 4.69) is 16.3 Å². The Balaban J connectivity index is 1.46. The molecule has 1 aliphatic rings. The number of amides is 2. The number of piperazine rings is 1. The summed E-state index contributed by atoms with van der Waals surface area (Å²) in [7, 11) is 0. The molecule has 0 aliphatic carbocycles. The zero-order valence-corrected chi connectivity index (χ0v) is 21.0. The van der Waals surface area contributed by atoms with Crippen molar-refractivity contribution in [1.29, 1.82) is 0 Å². The lowest BCUT2D eigenvalue weighted by atomic mass is 10.1.